The van der Waals surface area contributed by atoms with E-state index in [0.717, 1.165) is 10.6 Å². The second-order valence-electron chi connectivity index (χ2n) is 9.26. The number of benzene rings is 1. The molecule has 1 aliphatic heterocycles. The molecule has 0 amide bonds. The predicted molar refractivity (Wildman–Crippen MR) is 138 cm³/mol. The molecule has 2 aromatic heterocycles. The second-order valence-corrected chi connectivity index (χ2v) is 13.0. The number of hydrogen-bond donors (Lipinski definition) is 2. The number of nitrogens with zero attached hydrogens (tertiary/aromatic N) is 3. The van der Waals surface area contributed by atoms with E-state index in [1.165, 1.54) is 20.3 Å². The standard InChI is InChI=1S/C24H29ClN4O4S2/c1-24(2,16-30)23(31)29-22(26-15-18-8-9-21(25)34-18)14-20(27-29)17-10-12-28(13-11-17)35(32,33)19-6-4-3-5-7-19/h3-9,14,17,26,30H,10-13,15-16H2,1-2H3. The van der Waals surface area contributed by atoms with Gasteiger partial charge in [0, 0.05) is 30.0 Å². The zero-order valence-electron chi connectivity index (χ0n) is 19.6. The van der Waals surface area contributed by atoms with Gasteiger partial charge in [-0.25, -0.2) is 8.42 Å². The van der Waals surface area contributed by atoms with Gasteiger partial charge in [0.05, 0.1) is 33.5 Å². The highest BCUT2D eigenvalue weighted by Gasteiger charge is 2.34. The molecule has 0 spiro atoms. The van der Waals surface area contributed by atoms with Gasteiger partial charge in [0.2, 0.25) is 10.0 Å². The van der Waals surface area contributed by atoms with Gasteiger partial charge in [0.25, 0.3) is 5.91 Å². The van der Waals surface area contributed by atoms with Crippen molar-refractivity contribution < 1.29 is 18.3 Å². The number of halogens is 1. The number of anilines is 1. The highest BCUT2D eigenvalue weighted by atomic mass is 35.5. The Morgan fingerprint density at radius 2 is 1.89 bits per heavy atom. The minimum Gasteiger partial charge on any atom is -0.395 e. The van der Waals surface area contributed by atoms with Gasteiger partial charge in [0.15, 0.2) is 0 Å². The summed E-state index contributed by atoms with van der Waals surface area (Å²) in [5, 5.41) is 17.6. The summed E-state index contributed by atoms with van der Waals surface area (Å²) in [4.78, 5) is 14.5. The summed E-state index contributed by atoms with van der Waals surface area (Å²) in [7, 11) is -3.54. The highest BCUT2D eigenvalue weighted by molar-refractivity contribution is 7.89. The number of aliphatic hydroxyl groups excluding tert-OH is 1. The van der Waals surface area contributed by atoms with Crippen molar-refractivity contribution in [1.82, 2.24) is 14.1 Å². The zero-order chi connectivity index (χ0) is 25.2. The van der Waals surface area contributed by atoms with Crippen LogP contribution in [0.4, 0.5) is 5.82 Å². The van der Waals surface area contributed by atoms with E-state index in [1.807, 2.05) is 18.2 Å². The molecule has 11 heteroatoms. The predicted octanol–water partition coefficient (Wildman–Crippen LogP) is 4.44. The van der Waals surface area contributed by atoms with Gasteiger partial charge in [0.1, 0.15) is 5.82 Å². The molecule has 3 aromatic rings. The van der Waals surface area contributed by atoms with E-state index < -0.39 is 15.4 Å². The summed E-state index contributed by atoms with van der Waals surface area (Å²) in [5.41, 5.74) is -0.269. The van der Waals surface area contributed by atoms with E-state index in [4.69, 9.17) is 11.6 Å². The van der Waals surface area contributed by atoms with Crippen LogP contribution in [0.3, 0.4) is 0 Å². The average molecular weight is 537 g/mol. The maximum Gasteiger partial charge on any atom is 0.256 e. The SMILES string of the molecule is CC(C)(CO)C(=O)n1nc(C2CCN(S(=O)(=O)c3ccccc3)CC2)cc1NCc1ccc(Cl)s1. The number of piperidine rings is 1. The third-order valence-corrected chi connectivity index (χ3v) is 9.36. The van der Waals surface area contributed by atoms with Crippen LogP contribution in [0.2, 0.25) is 4.34 Å². The lowest BCUT2D eigenvalue weighted by Crippen LogP contribution is -2.38. The molecule has 3 heterocycles. The lowest BCUT2D eigenvalue weighted by atomic mass is 9.94. The number of sulfonamides is 1. The maximum atomic E-state index is 13.2. The van der Waals surface area contributed by atoms with Crippen LogP contribution >= 0.6 is 22.9 Å². The third-order valence-electron chi connectivity index (χ3n) is 6.22. The summed E-state index contributed by atoms with van der Waals surface area (Å²) < 4.78 is 29.4. The number of carbonyl (C=O) groups excluding carboxylic acids is 1. The lowest BCUT2D eigenvalue weighted by Gasteiger charge is -2.30. The van der Waals surface area contributed by atoms with E-state index in [1.54, 1.807) is 44.2 Å². The first kappa shape index (κ1) is 25.8. The number of carbonyl (C=O) groups is 1. The molecule has 35 heavy (non-hydrogen) atoms. The van der Waals surface area contributed by atoms with Crippen LogP contribution < -0.4 is 5.32 Å². The van der Waals surface area contributed by atoms with Gasteiger partial charge in [-0.1, -0.05) is 29.8 Å². The van der Waals surface area contributed by atoms with Crippen molar-refractivity contribution in [3.05, 3.63) is 63.4 Å². The van der Waals surface area contributed by atoms with E-state index >= 15 is 0 Å². The van der Waals surface area contributed by atoms with E-state index in [-0.39, 0.29) is 18.4 Å². The monoisotopic (exact) mass is 536 g/mol. The number of aliphatic hydroxyl groups is 1. The molecule has 1 aliphatic rings. The molecule has 0 atom stereocenters. The Kier molecular flexibility index (Phi) is 7.68. The Bertz CT molecular complexity index is 1280. The molecule has 1 saturated heterocycles. The molecule has 0 aliphatic carbocycles. The van der Waals surface area contributed by atoms with Crippen molar-refractivity contribution in [3.63, 3.8) is 0 Å². The van der Waals surface area contributed by atoms with E-state index in [0.29, 0.717) is 47.5 Å². The first-order valence-electron chi connectivity index (χ1n) is 11.4. The van der Waals surface area contributed by atoms with E-state index in [2.05, 4.69) is 10.4 Å². The molecule has 1 fully saturated rings. The quantitative estimate of drug-likeness (QED) is 0.441. The van der Waals surface area contributed by atoms with Crippen molar-refractivity contribution >= 4 is 44.7 Å². The van der Waals surface area contributed by atoms with Gasteiger partial charge >= 0.3 is 0 Å². The minimum atomic E-state index is -3.54. The minimum absolute atomic E-state index is 0.0141. The molecule has 1 aromatic carbocycles. The smallest absolute Gasteiger partial charge is 0.256 e. The van der Waals surface area contributed by atoms with Gasteiger partial charge in [-0.15, -0.1) is 11.3 Å². The first-order valence-corrected chi connectivity index (χ1v) is 14.0. The molecule has 0 bridgehead atoms. The van der Waals surface area contributed by atoms with Crippen LogP contribution in [0, 0.1) is 5.41 Å². The van der Waals surface area contributed by atoms with Crippen LogP contribution in [-0.4, -0.2) is 53.2 Å². The molecular formula is C24H29ClN4O4S2. The largest absolute Gasteiger partial charge is 0.395 e. The van der Waals surface area contributed by atoms with Crippen molar-refractivity contribution in [3.8, 4) is 0 Å². The van der Waals surface area contributed by atoms with E-state index in [9.17, 15) is 18.3 Å². The number of rotatable bonds is 8. The Morgan fingerprint density at radius 1 is 1.20 bits per heavy atom. The van der Waals surface area contributed by atoms with Gasteiger partial charge < -0.3 is 10.4 Å². The molecule has 0 unspecified atom stereocenters. The van der Waals surface area contributed by atoms with Crippen molar-refractivity contribution in [2.45, 2.75) is 44.0 Å². The van der Waals surface area contributed by atoms with Crippen LogP contribution in [0.25, 0.3) is 0 Å². The summed E-state index contributed by atoms with van der Waals surface area (Å²) in [5.74, 6) is 0.234. The summed E-state index contributed by atoms with van der Waals surface area (Å²) in [6.45, 7) is 4.27. The van der Waals surface area contributed by atoms with Gasteiger partial charge in [-0.05, 0) is 51.0 Å². The molecule has 8 nitrogen and oxygen atoms in total. The molecule has 4 rings (SSSR count). The number of hydrogen-bond acceptors (Lipinski definition) is 7. The van der Waals surface area contributed by atoms with Crippen molar-refractivity contribution in [2.75, 3.05) is 25.0 Å². The van der Waals surface area contributed by atoms with Gasteiger partial charge in [-0.2, -0.15) is 14.1 Å². The van der Waals surface area contributed by atoms with Crippen molar-refractivity contribution in [2.24, 2.45) is 5.41 Å². The Labute approximate surface area is 214 Å². The summed E-state index contributed by atoms with van der Waals surface area (Å²) in [6, 6.07) is 14.0. The number of thiophene rings is 1. The Morgan fingerprint density at radius 3 is 2.49 bits per heavy atom. The van der Waals surface area contributed by atoms with Crippen LogP contribution in [0.1, 0.15) is 48.0 Å². The average Bonchev–Trinajstić information content (AvgIpc) is 3.48. The lowest BCUT2D eigenvalue weighted by molar-refractivity contribution is 0.0615. The molecule has 0 radical (unpaired) electrons. The normalized spacial score (nSPS) is 15.9. The van der Waals surface area contributed by atoms with Gasteiger partial charge in [-0.3, -0.25) is 4.79 Å². The van der Waals surface area contributed by atoms with Crippen molar-refractivity contribution in [1.29, 1.82) is 0 Å². The fraction of sp³-hybridized carbons (Fsp3) is 0.417. The second kappa shape index (κ2) is 10.4. The topological polar surface area (TPSA) is 105 Å². The maximum absolute atomic E-state index is 13.2. The molecular weight excluding hydrogens is 508 g/mol. The number of nitrogens with one attached hydrogen (secondary N) is 1. The fourth-order valence-corrected chi connectivity index (χ4v) is 6.51. The number of aromatic nitrogens is 2. The molecule has 0 saturated carbocycles. The van der Waals surface area contributed by atoms with Crippen LogP contribution in [0.15, 0.2) is 53.4 Å². The molecule has 188 valence electrons. The van der Waals surface area contributed by atoms with Crippen LogP contribution in [-0.2, 0) is 16.6 Å². The Balaban J connectivity index is 1.53. The zero-order valence-corrected chi connectivity index (χ0v) is 22.0. The van der Waals surface area contributed by atoms with Crippen LogP contribution in [0.5, 0.6) is 0 Å². The summed E-state index contributed by atoms with van der Waals surface area (Å²) in [6.07, 6.45) is 1.20. The Hall–Kier alpha value is -2.24. The highest BCUT2D eigenvalue weighted by Crippen LogP contribution is 2.33. The summed E-state index contributed by atoms with van der Waals surface area (Å²) >= 11 is 7.49. The first-order chi connectivity index (χ1) is 16.6. The fourth-order valence-electron chi connectivity index (χ4n) is 3.99. The molecule has 2 N–H and O–H groups in total. The third kappa shape index (κ3) is 5.62.